The normalized spacial score (nSPS) is 11.6. The Morgan fingerprint density at radius 2 is 1.70 bits per heavy atom. The Kier molecular flexibility index (Phi) is 9.98. The Balaban J connectivity index is 3.42. The van der Waals surface area contributed by atoms with Crippen LogP contribution in [0.3, 0.4) is 0 Å². The van der Waals surface area contributed by atoms with Gasteiger partial charge in [-0.1, -0.05) is 6.08 Å². The molecule has 0 aromatic heterocycles. The van der Waals surface area contributed by atoms with E-state index in [2.05, 4.69) is 0 Å². The number of hydrogen-bond acceptors (Lipinski definition) is 5. The lowest BCUT2D eigenvalue weighted by molar-refractivity contribution is -0.143. The number of unbranched alkanes of at least 4 members (excludes halogenated alkanes) is 2. The molecule has 0 aromatic rings. The zero-order valence-electron chi connectivity index (χ0n) is 11.5. The van der Waals surface area contributed by atoms with Crippen molar-refractivity contribution in [1.82, 2.24) is 0 Å². The van der Waals surface area contributed by atoms with Gasteiger partial charge in [-0.25, -0.2) is 4.79 Å². The molecular formula is C12H21O7P. The summed E-state index contributed by atoms with van der Waals surface area (Å²) in [4.78, 5) is 39.2. The molecule has 0 fully saturated rings. The molecule has 0 unspecified atom stereocenters. The van der Waals surface area contributed by atoms with E-state index in [0.717, 1.165) is 6.42 Å². The molecule has 0 saturated carbocycles. The van der Waals surface area contributed by atoms with Gasteiger partial charge >= 0.3 is 19.5 Å². The lowest BCUT2D eigenvalue weighted by Crippen LogP contribution is -2.08. The van der Waals surface area contributed by atoms with Crippen LogP contribution in [0.15, 0.2) is 12.2 Å². The average Bonchev–Trinajstić information content (AvgIpc) is 2.34. The number of rotatable bonds is 10. The standard InChI is InChI=1S/C12H21O7P/c1-2-6-11(13)18-8-4-3-5-9-19-12(14)7-10-20(15,16)17/h2,6H,3-5,7-10H2,1H3,(H2,15,16,17). The second-order valence-corrected chi connectivity index (χ2v) is 5.86. The molecule has 0 bridgehead atoms. The molecule has 2 N–H and O–H groups in total. The number of esters is 2. The number of allylic oxidation sites excluding steroid dienone is 1. The van der Waals surface area contributed by atoms with Gasteiger partial charge in [-0.15, -0.1) is 0 Å². The van der Waals surface area contributed by atoms with Gasteiger partial charge < -0.3 is 19.3 Å². The summed E-state index contributed by atoms with van der Waals surface area (Å²) in [5.41, 5.74) is 0. The fourth-order valence-electron chi connectivity index (χ4n) is 1.23. The van der Waals surface area contributed by atoms with Gasteiger partial charge in [0.2, 0.25) is 0 Å². The van der Waals surface area contributed by atoms with Crippen LogP contribution in [0.25, 0.3) is 0 Å². The summed E-state index contributed by atoms with van der Waals surface area (Å²) in [5.74, 6) is -0.996. The third-order valence-corrected chi connectivity index (χ3v) is 3.01. The fraction of sp³-hybridized carbons (Fsp3) is 0.667. The second kappa shape index (κ2) is 10.6. The van der Waals surface area contributed by atoms with Crippen LogP contribution in [0.1, 0.15) is 32.6 Å². The molecule has 116 valence electrons. The number of carbonyl (C=O) groups is 2. The maximum atomic E-state index is 11.1. The van der Waals surface area contributed by atoms with Crippen LogP contribution in [0, 0.1) is 0 Å². The summed E-state index contributed by atoms with van der Waals surface area (Å²) >= 11 is 0. The Bertz CT molecular complexity index is 372. The van der Waals surface area contributed by atoms with E-state index in [1.807, 2.05) is 0 Å². The maximum absolute atomic E-state index is 11.1. The van der Waals surface area contributed by atoms with Gasteiger partial charge in [0, 0.05) is 6.08 Å². The van der Waals surface area contributed by atoms with Crippen molar-refractivity contribution in [2.24, 2.45) is 0 Å². The Hall–Kier alpha value is -1.17. The summed E-state index contributed by atoms with van der Waals surface area (Å²) in [6.45, 7) is 2.24. The van der Waals surface area contributed by atoms with Crippen molar-refractivity contribution >= 4 is 19.5 Å². The summed E-state index contributed by atoms with van der Waals surface area (Å²) in [6, 6.07) is 0. The SMILES string of the molecule is CC=CC(=O)OCCCCCOC(=O)CCP(=O)(O)O. The van der Waals surface area contributed by atoms with Crippen LogP contribution in [-0.4, -0.2) is 41.1 Å². The van der Waals surface area contributed by atoms with Crippen LogP contribution in [-0.2, 0) is 23.6 Å². The fourth-order valence-corrected chi connectivity index (χ4v) is 1.71. The van der Waals surface area contributed by atoms with E-state index in [4.69, 9.17) is 19.3 Å². The van der Waals surface area contributed by atoms with Crippen molar-refractivity contribution in [2.75, 3.05) is 19.4 Å². The molecule has 20 heavy (non-hydrogen) atoms. The van der Waals surface area contributed by atoms with Crippen molar-refractivity contribution in [2.45, 2.75) is 32.6 Å². The molecular weight excluding hydrogens is 287 g/mol. The smallest absolute Gasteiger partial charge is 0.330 e. The van der Waals surface area contributed by atoms with Gasteiger partial charge in [-0.3, -0.25) is 9.36 Å². The third kappa shape index (κ3) is 13.3. The van der Waals surface area contributed by atoms with E-state index in [1.165, 1.54) is 6.08 Å². The second-order valence-electron chi connectivity index (χ2n) is 4.09. The molecule has 0 saturated heterocycles. The Morgan fingerprint density at radius 1 is 1.10 bits per heavy atom. The Morgan fingerprint density at radius 3 is 2.25 bits per heavy atom. The molecule has 0 aliphatic rings. The molecule has 0 amide bonds. The minimum Gasteiger partial charge on any atom is -0.466 e. The summed E-state index contributed by atoms with van der Waals surface area (Å²) in [6.07, 6.45) is 4.17. The van der Waals surface area contributed by atoms with Crippen molar-refractivity contribution < 1.29 is 33.4 Å². The first-order valence-electron chi connectivity index (χ1n) is 6.35. The van der Waals surface area contributed by atoms with Crippen molar-refractivity contribution in [3.63, 3.8) is 0 Å². The van der Waals surface area contributed by atoms with E-state index in [-0.39, 0.29) is 19.0 Å². The molecule has 0 aromatic carbocycles. The van der Waals surface area contributed by atoms with Gasteiger partial charge in [0.15, 0.2) is 0 Å². The number of hydrogen-bond donors (Lipinski definition) is 2. The van der Waals surface area contributed by atoms with Crippen LogP contribution in [0.2, 0.25) is 0 Å². The molecule has 8 heteroatoms. The van der Waals surface area contributed by atoms with Gasteiger partial charge in [-0.2, -0.15) is 0 Å². The molecule has 0 spiro atoms. The highest BCUT2D eigenvalue weighted by atomic mass is 31.2. The van der Waals surface area contributed by atoms with Crippen LogP contribution in [0.4, 0.5) is 0 Å². The van der Waals surface area contributed by atoms with Gasteiger partial charge in [-0.05, 0) is 26.2 Å². The highest BCUT2D eigenvalue weighted by Crippen LogP contribution is 2.34. The van der Waals surface area contributed by atoms with Gasteiger partial charge in [0.1, 0.15) is 0 Å². The van der Waals surface area contributed by atoms with Crippen LogP contribution >= 0.6 is 7.60 Å². The van der Waals surface area contributed by atoms with Crippen molar-refractivity contribution in [3.05, 3.63) is 12.2 Å². The largest absolute Gasteiger partial charge is 0.466 e. The first kappa shape index (κ1) is 18.8. The minimum absolute atomic E-state index is 0.197. The number of carbonyl (C=O) groups excluding carboxylic acids is 2. The van der Waals surface area contributed by atoms with E-state index >= 15 is 0 Å². The lowest BCUT2D eigenvalue weighted by Gasteiger charge is -2.06. The minimum atomic E-state index is -4.14. The van der Waals surface area contributed by atoms with E-state index in [0.29, 0.717) is 19.4 Å². The monoisotopic (exact) mass is 308 g/mol. The molecule has 0 aliphatic carbocycles. The highest BCUT2D eigenvalue weighted by molar-refractivity contribution is 7.51. The quantitative estimate of drug-likeness (QED) is 0.271. The Labute approximate surface area is 118 Å². The molecule has 0 rings (SSSR count). The molecule has 7 nitrogen and oxygen atoms in total. The van der Waals surface area contributed by atoms with Gasteiger partial charge in [0.05, 0.1) is 25.8 Å². The lowest BCUT2D eigenvalue weighted by atomic mass is 10.2. The summed E-state index contributed by atoms with van der Waals surface area (Å²) in [5, 5.41) is 0. The first-order valence-corrected chi connectivity index (χ1v) is 8.14. The number of ether oxygens (including phenoxy) is 2. The molecule has 0 atom stereocenters. The highest BCUT2D eigenvalue weighted by Gasteiger charge is 2.15. The summed E-state index contributed by atoms with van der Waals surface area (Å²) < 4.78 is 20.2. The predicted molar refractivity (Wildman–Crippen MR) is 72.1 cm³/mol. The maximum Gasteiger partial charge on any atom is 0.330 e. The van der Waals surface area contributed by atoms with E-state index in [1.54, 1.807) is 13.0 Å². The van der Waals surface area contributed by atoms with Crippen molar-refractivity contribution in [3.8, 4) is 0 Å². The summed E-state index contributed by atoms with van der Waals surface area (Å²) in [7, 11) is -4.14. The molecule has 0 radical (unpaired) electrons. The molecule has 0 aliphatic heterocycles. The predicted octanol–water partition coefficient (Wildman–Crippen LogP) is 1.39. The zero-order valence-corrected chi connectivity index (χ0v) is 12.4. The van der Waals surface area contributed by atoms with Crippen LogP contribution in [0.5, 0.6) is 0 Å². The van der Waals surface area contributed by atoms with Gasteiger partial charge in [0.25, 0.3) is 0 Å². The van der Waals surface area contributed by atoms with E-state index < -0.39 is 19.7 Å². The van der Waals surface area contributed by atoms with E-state index in [9.17, 15) is 14.2 Å². The first-order chi connectivity index (χ1) is 9.35. The topological polar surface area (TPSA) is 110 Å². The molecule has 0 heterocycles. The third-order valence-electron chi connectivity index (χ3n) is 2.21. The average molecular weight is 308 g/mol. The van der Waals surface area contributed by atoms with Crippen LogP contribution < -0.4 is 0 Å². The van der Waals surface area contributed by atoms with Crippen molar-refractivity contribution in [1.29, 1.82) is 0 Å². The zero-order chi connectivity index (χ0) is 15.4.